The molecule has 3 nitrogen and oxygen atoms in total. The highest BCUT2D eigenvalue weighted by atomic mass is 79.9. The summed E-state index contributed by atoms with van der Waals surface area (Å²) in [5.74, 6) is -1.08. The van der Waals surface area contributed by atoms with Gasteiger partial charge >= 0.3 is 5.97 Å². The lowest BCUT2D eigenvalue weighted by molar-refractivity contribution is -0.145. The number of rotatable bonds is 4. The Kier molecular flexibility index (Phi) is 5.31. The van der Waals surface area contributed by atoms with Crippen molar-refractivity contribution in [2.24, 2.45) is 0 Å². The number of carbonyl (C=O) groups is 1. The van der Waals surface area contributed by atoms with E-state index in [-0.39, 0.29) is 11.9 Å². The maximum Gasteiger partial charge on any atom is 0.320 e. The fourth-order valence-corrected chi connectivity index (χ4v) is 3.66. The number of piperidine rings is 1. The van der Waals surface area contributed by atoms with Crippen molar-refractivity contribution in [3.8, 4) is 0 Å². The summed E-state index contributed by atoms with van der Waals surface area (Å²) in [6.45, 7) is 0.717. The molecule has 0 aromatic heterocycles. The van der Waals surface area contributed by atoms with Crippen LogP contribution in [0.25, 0.3) is 0 Å². The maximum atomic E-state index is 13.3. The molecule has 2 unspecified atom stereocenters. The first-order valence-corrected chi connectivity index (χ1v) is 8.85. The Morgan fingerprint density at radius 2 is 1.67 bits per heavy atom. The van der Waals surface area contributed by atoms with Crippen LogP contribution in [0.1, 0.15) is 36.4 Å². The summed E-state index contributed by atoms with van der Waals surface area (Å²) in [5, 5.41) is 9.63. The Bertz CT molecular complexity index is 657. The van der Waals surface area contributed by atoms with E-state index >= 15 is 0 Å². The minimum atomic E-state index is -0.793. The Morgan fingerprint density at radius 1 is 1.08 bits per heavy atom. The van der Waals surface area contributed by atoms with Gasteiger partial charge in [0.25, 0.3) is 0 Å². The predicted octanol–water partition coefficient (Wildman–Crippen LogP) is 4.62. The topological polar surface area (TPSA) is 40.5 Å². The molecule has 5 heteroatoms. The normalized spacial score (nSPS) is 19.8. The van der Waals surface area contributed by atoms with Crippen molar-refractivity contribution >= 4 is 21.9 Å². The highest BCUT2D eigenvalue weighted by Gasteiger charge is 2.35. The molecule has 0 amide bonds. The third-order valence-electron chi connectivity index (χ3n) is 4.53. The van der Waals surface area contributed by atoms with Crippen LogP contribution in [0.15, 0.2) is 53.0 Å². The zero-order valence-corrected chi connectivity index (χ0v) is 14.7. The maximum absolute atomic E-state index is 13.3. The Hall–Kier alpha value is -1.72. The third-order valence-corrected chi connectivity index (χ3v) is 5.06. The van der Waals surface area contributed by atoms with Gasteiger partial charge in [-0.25, -0.2) is 4.39 Å². The monoisotopic (exact) mass is 391 g/mol. The molecule has 1 fully saturated rings. The molecule has 1 aliphatic rings. The van der Waals surface area contributed by atoms with Gasteiger partial charge in [-0.3, -0.25) is 9.69 Å². The lowest BCUT2D eigenvalue weighted by Crippen LogP contribution is -2.46. The van der Waals surface area contributed by atoms with E-state index in [4.69, 9.17) is 0 Å². The second kappa shape index (κ2) is 7.45. The first kappa shape index (κ1) is 17.1. The van der Waals surface area contributed by atoms with Crippen molar-refractivity contribution in [1.82, 2.24) is 4.90 Å². The first-order valence-electron chi connectivity index (χ1n) is 8.06. The van der Waals surface area contributed by atoms with Gasteiger partial charge in [-0.15, -0.1) is 0 Å². The number of hydrogen-bond donors (Lipinski definition) is 1. The van der Waals surface area contributed by atoms with Crippen LogP contribution in [0.4, 0.5) is 4.39 Å². The number of halogens is 2. The first-order chi connectivity index (χ1) is 11.6. The van der Waals surface area contributed by atoms with Crippen molar-refractivity contribution in [2.75, 3.05) is 6.54 Å². The smallest absolute Gasteiger partial charge is 0.320 e. The molecular formula is C19H19BrFNO2. The molecule has 0 radical (unpaired) electrons. The van der Waals surface area contributed by atoms with E-state index in [0.717, 1.165) is 35.0 Å². The summed E-state index contributed by atoms with van der Waals surface area (Å²) in [6, 6.07) is 13.5. The Morgan fingerprint density at radius 3 is 2.25 bits per heavy atom. The van der Waals surface area contributed by atoms with Crippen molar-refractivity contribution < 1.29 is 14.3 Å². The summed E-state index contributed by atoms with van der Waals surface area (Å²) < 4.78 is 14.3. The van der Waals surface area contributed by atoms with E-state index in [0.29, 0.717) is 6.42 Å². The highest BCUT2D eigenvalue weighted by molar-refractivity contribution is 9.10. The van der Waals surface area contributed by atoms with Gasteiger partial charge < -0.3 is 5.11 Å². The molecule has 1 aliphatic heterocycles. The molecule has 1 N–H and O–H groups in total. The van der Waals surface area contributed by atoms with E-state index in [2.05, 4.69) is 15.9 Å². The number of carboxylic acids is 1. The minimum Gasteiger partial charge on any atom is -0.480 e. The van der Waals surface area contributed by atoms with E-state index in [9.17, 15) is 14.3 Å². The van der Waals surface area contributed by atoms with Gasteiger partial charge in [0, 0.05) is 4.47 Å². The summed E-state index contributed by atoms with van der Waals surface area (Å²) in [7, 11) is 0. The molecule has 0 saturated carbocycles. The number of nitrogens with zero attached hydrogens (tertiary/aromatic N) is 1. The summed E-state index contributed by atoms with van der Waals surface area (Å²) in [6.07, 6.45) is 2.53. The summed E-state index contributed by atoms with van der Waals surface area (Å²) >= 11 is 3.43. The van der Waals surface area contributed by atoms with Gasteiger partial charge in [0.05, 0.1) is 6.04 Å². The highest BCUT2D eigenvalue weighted by Crippen LogP contribution is 2.34. The van der Waals surface area contributed by atoms with Crippen LogP contribution >= 0.6 is 15.9 Å². The lowest BCUT2D eigenvalue weighted by Gasteiger charge is -2.39. The zero-order valence-electron chi connectivity index (χ0n) is 13.2. The van der Waals surface area contributed by atoms with Crippen molar-refractivity contribution in [3.63, 3.8) is 0 Å². The Balaban J connectivity index is 2.05. The van der Waals surface area contributed by atoms with Gasteiger partial charge in [0.15, 0.2) is 0 Å². The van der Waals surface area contributed by atoms with Gasteiger partial charge in [-0.2, -0.15) is 0 Å². The van der Waals surface area contributed by atoms with Gasteiger partial charge in [-0.1, -0.05) is 46.6 Å². The van der Waals surface area contributed by atoms with Crippen LogP contribution in [-0.4, -0.2) is 28.6 Å². The molecule has 0 spiro atoms. The van der Waals surface area contributed by atoms with Crippen LogP contribution in [0.3, 0.4) is 0 Å². The zero-order chi connectivity index (χ0) is 17.1. The average molecular weight is 392 g/mol. The fraction of sp³-hybridized carbons (Fsp3) is 0.316. The van der Waals surface area contributed by atoms with Gasteiger partial charge in [-0.05, 0) is 54.8 Å². The van der Waals surface area contributed by atoms with E-state index < -0.39 is 12.0 Å². The molecule has 24 heavy (non-hydrogen) atoms. The fourth-order valence-electron chi connectivity index (χ4n) is 3.39. The van der Waals surface area contributed by atoms with Gasteiger partial charge in [0.1, 0.15) is 11.9 Å². The largest absolute Gasteiger partial charge is 0.480 e. The Labute approximate surface area is 149 Å². The molecule has 2 aromatic rings. The van der Waals surface area contributed by atoms with E-state index in [1.54, 1.807) is 12.1 Å². The van der Waals surface area contributed by atoms with Crippen LogP contribution in [0, 0.1) is 5.82 Å². The molecule has 0 bridgehead atoms. The quantitative estimate of drug-likeness (QED) is 0.826. The predicted molar refractivity (Wildman–Crippen MR) is 94.4 cm³/mol. The molecule has 126 valence electrons. The molecule has 3 rings (SSSR count). The number of carboxylic acid groups (broad SMARTS) is 1. The number of hydrogen-bond acceptors (Lipinski definition) is 2. The van der Waals surface area contributed by atoms with E-state index in [1.807, 2.05) is 29.2 Å². The number of likely N-dealkylation sites (tertiary alicyclic amines) is 1. The van der Waals surface area contributed by atoms with Crippen molar-refractivity contribution in [2.45, 2.75) is 31.3 Å². The summed E-state index contributed by atoms with van der Waals surface area (Å²) in [4.78, 5) is 13.8. The standard InChI is InChI=1S/C19H19BrFNO2/c20-15-8-4-13(5-9-15)18(14-6-10-16(21)11-7-14)22-12-2-1-3-17(22)19(23)24/h4-11,17-18H,1-3,12H2,(H,23,24). The van der Waals surface area contributed by atoms with Crippen LogP contribution < -0.4 is 0 Å². The minimum absolute atomic E-state index is 0.194. The van der Waals surface area contributed by atoms with Crippen molar-refractivity contribution in [3.05, 3.63) is 69.9 Å². The van der Waals surface area contributed by atoms with Crippen molar-refractivity contribution in [1.29, 1.82) is 0 Å². The summed E-state index contributed by atoms with van der Waals surface area (Å²) in [5.41, 5.74) is 1.92. The second-order valence-corrected chi connectivity index (χ2v) is 7.01. The molecular weight excluding hydrogens is 373 g/mol. The molecule has 2 aromatic carbocycles. The number of aliphatic carboxylic acids is 1. The number of benzene rings is 2. The average Bonchev–Trinajstić information content (AvgIpc) is 2.59. The molecule has 1 heterocycles. The molecule has 1 saturated heterocycles. The van der Waals surface area contributed by atoms with E-state index in [1.165, 1.54) is 12.1 Å². The van der Waals surface area contributed by atoms with Gasteiger partial charge in [0.2, 0.25) is 0 Å². The van der Waals surface area contributed by atoms with Crippen LogP contribution in [-0.2, 0) is 4.79 Å². The third kappa shape index (κ3) is 3.68. The second-order valence-electron chi connectivity index (χ2n) is 6.09. The lowest BCUT2D eigenvalue weighted by atomic mass is 9.92. The van der Waals surface area contributed by atoms with Crippen LogP contribution in [0.2, 0.25) is 0 Å². The molecule has 0 aliphatic carbocycles. The molecule has 2 atom stereocenters. The SMILES string of the molecule is O=C(O)C1CCCCN1C(c1ccc(F)cc1)c1ccc(Br)cc1. The van der Waals surface area contributed by atoms with Crippen LogP contribution in [0.5, 0.6) is 0 Å².